The number of nitrogens with zero attached hydrogens (tertiary/aromatic N) is 2. The molecule has 0 unspecified atom stereocenters. The first-order valence-electron chi connectivity index (χ1n) is 9.15. The van der Waals surface area contributed by atoms with Crippen molar-refractivity contribution in [2.24, 2.45) is 10.1 Å². The van der Waals surface area contributed by atoms with Crippen molar-refractivity contribution in [2.75, 3.05) is 0 Å². The number of allylic oxidation sites excluding steroid dienone is 1. The topological polar surface area (TPSA) is 129 Å². The van der Waals surface area contributed by atoms with Gasteiger partial charge in [0, 0.05) is 12.1 Å². The highest BCUT2D eigenvalue weighted by molar-refractivity contribution is 7.92. The lowest BCUT2D eigenvalue weighted by Crippen LogP contribution is -2.16. The summed E-state index contributed by atoms with van der Waals surface area (Å²) in [5.74, 6) is -0.551. The predicted molar refractivity (Wildman–Crippen MR) is 120 cm³/mol. The van der Waals surface area contributed by atoms with E-state index in [9.17, 15) is 21.6 Å². The molecule has 2 aromatic carbocycles. The zero-order valence-electron chi connectivity index (χ0n) is 16.8. The Bertz CT molecular complexity index is 1450. The summed E-state index contributed by atoms with van der Waals surface area (Å²) in [6.07, 6.45) is 1.63. The minimum absolute atomic E-state index is 0.0353. The molecular weight excluding hydrogens is 458 g/mol. The first kappa shape index (κ1) is 23.1. The first-order chi connectivity index (χ1) is 14.4. The van der Waals surface area contributed by atoms with Gasteiger partial charge in [0.2, 0.25) is 10.0 Å². The Morgan fingerprint density at radius 2 is 1.74 bits per heavy atom. The van der Waals surface area contributed by atoms with Crippen molar-refractivity contribution in [2.45, 2.75) is 35.4 Å². The molecule has 8 nitrogen and oxygen atoms in total. The molecule has 0 aliphatic carbocycles. The number of aromatic nitrogens is 1. The van der Waals surface area contributed by atoms with Crippen LogP contribution in [0.5, 0.6) is 0 Å². The van der Waals surface area contributed by atoms with Crippen LogP contribution in [-0.4, -0.2) is 32.6 Å². The van der Waals surface area contributed by atoms with Crippen molar-refractivity contribution in [3.05, 3.63) is 65.5 Å². The molecule has 11 heteroatoms. The number of hydrogen-bond acceptors (Lipinski definition) is 6. The Hall–Kier alpha value is -2.60. The van der Waals surface area contributed by atoms with Gasteiger partial charge in [-0.05, 0) is 56.3 Å². The fourth-order valence-corrected chi connectivity index (χ4v) is 5.58. The number of benzene rings is 2. The highest BCUT2D eigenvalue weighted by Gasteiger charge is 2.19. The van der Waals surface area contributed by atoms with Crippen LogP contribution in [0.1, 0.15) is 24.2 Å². The van der Waals surface area contributed by atoms with E-state index in [0.29, 0.717) is 21.6 Å². The van der Waals surface area contributed by atoms with E-state index >= 15 is 0 Å². The molecule has 0 spiro atoms. The molecule has 1 heterocycles. The fraction of sp³-hybridized carbons (Fsp3) is 0.200. The highest BCUT2D eigenvalue weighted by atomic mass is 32.2. The number of primary sulfonamides is 1. The minimum Gasteiger partial charge on any atom is -0.312 e. The number of carbonyl (C=O) groups is 1. The third-order valence-corrected chi connectivity index (χ3v) is 8.66. The molecule has 0 aliphatic rings. The third-order valence-electron chi connectivity index (χ3n) is 4.54. The van der Waals surface area contributed by atoms with Gasteiger partial charge in [0.05, 0.1) is 25.3 Å². The number of hydrogen-bond donors (Lipinski definition) is 1. The fourth-order valence-electron chi connectivity index (χ4n) is 2.83. The Labute approximate surface area is 184 Å². The van der Waals surface area contributed by atoms with Crippen LogP contribution in [0.2, 0.25) is 0 Å². The van der Waals surface area contributed by atoms with Crippen LogP contribution in [-0.2, 0) is 26.4 Å². The third kappa shape index (κ3) is 4.69. The smallest absolute Gasteiger partial charge is 0.279 e. The lowest BCUT2D eigenvalue weighted by Gasteiger charge is -2.07. The number of sulfonamides is 1. The van der Waals surface area contributed by atoms with E-state index < -0.39 is 31.0 Å². The molecule has 0 radical (unpaired) electrons. The summed E-state index contributed by atoms with van der Waals surface area (Å²) < 4.78 is 50.1. The average Bonchev–Trinajstić information content (AvgIpc) is 3.04. The zero-order chi connectivity index (χ0) is 23.0. The summed E-state index contributed by atoms with van der Waals surface area (Å²) in [5, 5.41) is 4.63. The van der Waals surface area contributed by atoms with Crippen LogP contribution in [0, 0.1) is 0 Å². The second-order valence-corrected chi connectivity index (χ2v) is 12.1. The molecule has 0 saturated heterocycles. The van der Waals surface area contributed by atoms with Crippen molar-refractivity contribution < 1.29 is 21.6 Å². The Morgan fingerprint density at radius 1 is 1.13 bits per heavy atom. The van der Waals surface area contributed by atoms with Crippen molar-refractivity contribution in [3.63, 3.8) is 0 Å². The highest BCUT2D eigenvalue weighted by Crippen LogP contribution is 2.22. The lowest BCUT2D eigenvalue weighted by molar-refractivity contribution is 0.0997. The number of carbonyl (C=O) groups excluding carboxylic acids is 1. The van der Waals surface area contributed by atoms with Crippen molar-refractivity contribution in [3.8, 4) is 0 Å². The largest absolute Gasteiger partial charge is 0.312 e. The van der Waals surface area contributed by atoms with E-state index in [0.717, 1.165) is 11.3 Å². The lowest BCUT2D eigenvalue weighted by atomic mass is 10.2. The molecule has 1 amide bonds. The van der Waals surface area contributed by atoms with Crippen LogP contribution in [0.4, 0.5) is 0 Å². The molecule has 1 aromatic heterocycles. The van der Waals surface area contributed by atoms with Gasteiger partial charge >= 0.3 is 0 Å². The molecule has 0 bridgehead atoms. The summed E-state index contributed by atoms with van der Waals surface area (Å²) >= 11 is 1.14. The predicted octanol–water partition coefficient (Wildman–Crippen LogP) is 2.46. The van der Waals surface area contributed by atoms with Crippen molar-refractivity contribution in [1.82, 2.24) is 4.57 Å². The molecule has 164 valence electrons. The van der Waals surface area contributed by atoms with Gasteiger partial charge in [-0.25, -0.2) is 22.0 Å². The van der Waals surface area contributed by atoms with Gasteiger partial charge in [0.1, 0.15) is 0 Å². The molecule has 0 atom stereocenters. The van der Waals surface area contributed by atoms with E-state index in [1.165, 1.54) is 36.4 Å². The molecule has 3 aromatic rings. The van der Waals surface area contributed by atoms with Crippen LogP contribution in [0.25, 0.3) is 10.2 Å². The minimum atomic E-state index is -3.87. The average molecular weight is 480 g/mol. The maximum absolute atomic E-state index is 12.7. The molecule has 2 N–H and O–H groups in total. The number of rotatable bonds is 6. The van der Waals surface area contributed by atoms with Gasteiger partial charge in [0.25, 0.3) is 5.91 Å². The molecule has 31 heavy (non-hydrogen) atoms. The summed E-state index contributed by atoms with van der Waals surface area (Å²) in [6.45, 7) is 7.24. The number of sulfone groups is 1. The Morgan fingerprint density at radius 3 is 2.29 bits per heavy atom. The molecule has 0 aliphatic heterocycles. The number of thiazole rings is 1. The van der Waals surface area contributed by atoms with Gasteiger partial charge in [-0.2, -0.15) is 4.99 Å². The molecule has 3 rings (SSSR count). The van der Waals surface area contributed by atoms with Crippen LogP contribution in [0.3, 0.4) is 0 Å². The molecule has 0 saturated carbocycles. The van der Waals surface area contributed by atoms with Gasteiger partial charge in [-0.1, -0.05) is 17.4 Å². The van der Waals surface area contributed by atoms with Crippen molar-refractivity contribution >= 4 is 47.3 Å². The van der Waals surface area contributed by atoms with Gasteiger partial charge in [-0.3, -0.25) is 4.79 Å². The van der Waals surface area contributed by atoms with E-state index in [4.69, 9.17) is 5.14 Å². The van der Waals surface area contributed by atoms with Gasteiger partial charge in [-0.15, -0.1) is 6.58 Å². The normalized spacial score (nSPS) is 13.1. The summed E-state index contributed by atoms with van der Waals surface area (Å²) in [4.78, 5) is 17.3. The molecule has 0 fully saturated rings. The van der Waals surface area contributed by atoms with Gasteiger partial charge < -0.3 is 4.57 Å². The number of nitrogens with two attached hydrogens (primary N) is 1. The maximum Gasteiger partial charge on any atom is 0.279 e. The number of fused-ring (bicyclic) bond motifs is 1. The standard InChI is InChI=1S/C20H21N3O5S3/c1-4-11-23-17-10-9-16(31(21,27)28)12-18(17)29-20(23)22-19(24)14-5-7-15(8-6-14)30(25,26)13(2)3/h4-10,12-13H,1,11H2,2-3H3,(H2,21,27,28). The van der Waals surface area contributed by atoms with E-state index in [1.54, 1.807) is 30.6 Å². The van der Waals surface area contributed by atoms with E-state index in [-0.39, 0.29) is 15.4 Å². The monoisotopic (exact) mass is 479 g/mol. The van der Waals surface area contributed by atoms with Crippen molar-refractivity contribution in [1.29, 1.82) is 0 Å². The summed E-state index contributed by atoms with van der Waals surface area (Å²) in [6, 6.07) is 10.0. The van der Waals surface area contributed by atoms with E-state index in [1.807, 2.05) is 0 Å². The van der Waals surface area contributed by atoms with Crippen LogP contribution >= 0.6 is 11.3 Å². The summed E-state index contributed by atoms with van der Waals surface area (Å²) in [7, 11) is -7.31. The SMILES string of the molecule is C=CCn1c(=NC(=O)c2ccc(S(=O)(=O)C(C)C)cc2)sc2cc(S(N)(=O)=O)ccc21. The van der Waals surface area contributed by atoms with Crippen LogP contribution in [0.15, 0.2) is 69.9 Å². The zero-order valence-corrected chi connectivity index (χ0v) is 19.3. The maximum atomic E-state index is 12.7. The summed E-state index contributed by atoms with van der Waals surface area (Å²) in [5.41, 5.74) is 0.915. The second-order valence-electron chi connectivity index (χ2n) is 6.99. The first-order valence-corrected chi connectivity index (χ1v) is 13.1. The Balaban J connectivity index is 2.07. The van der Waals surface area contributed by atoms with E-state index in [2.05, 4.69) is 11.6 Å². The number of amides is 1. The van der Waals surface area contributed by atoms with Gasteiger partial charge in [0.15, 0.2) is 14.6 Å². The Kier molecular flexibility index (Phi) is 6.33. The molecular formula is C20H21N3O5S3. The van der Waals surface area contributed by atoms with Crippen LogP contribution < -0.4 is 9.94 Å². The second kappa shape index (κ2) is 8.50. The quantitative estimate of drug-likeness (QED) is 0.543.